The first-order valence-electron chi connectivity index (χ1n) is 6.19. The molecule has 1 saturated heterocycles. The highest BCUT2D eigenvalue weighted by atomic mass is 16.7. The summed E-state index contributed by atoms with van der Waals surface area (Å²) in [5, 5.41) is 0. The second-order valence-corrected chi connectivity index (χ2v) is 4.25. The highest BCUT2D eigenvalue weighted by Crippen LogP contribution is 2.27. The molecule has 0 aromatic heterocycles. The molecule has 0 aliphatic carbocycles. The maximum Gasteiger partial charge on any atom is 0.146 e. The minimum atomic E-state index is -0.337. The Hall–Kier alpha value is -0.790. The van der Waals surface area contributed by atoms with E-state index in [1.54, 1.807) is 20.3 Å². The van der Waals surface area contributed by atoms with Crippen LogP contribution in [0.2, 0.25) is 0 Å². The monoisotopic (exact) mass is 274 g/mol. The lowest BCUT2D eigenvalue weighted by atomic mass is 9.96. The Morgan fingerprint density at radius 2 is 1.95 bits per heavy atom. The van der Waals surface area contributed by atoms with E-state index < -0.39 is 0 Å². The highest BCUT2D eigenvalue weighted by Gasteiger charge is 2.38. The Labute approximate surface area is 113 Å². The van der Waals surface area contributed by atoms with Crippen LogP contribution in [0.4, 0.5) is 0 Å². The molecule has 1 rings (SSSR count). The van der Waals surface area contributed by atoms with Gasteiger partial charge in [0.05, 0.1) is 12.2 Å². The highest BCUT2D eigenvalue weighted by molar-refractivity contribution is 5.50. The van der Waals surface area contributed by atoms with Crippen LogP contribution in [0, 0.1) is 0 Å². The van der Waals surface area contributed by atoms with Crippen molar-refractivity contribution in [1.29, 1.82) is 0 Å². The zero-order valence-electron chi connectivity index (χ0n) is 11.4. The van der Waals surface area contributed by atoms with Crippen LogP contribution in [0.15, 0.2) is 12.7 Å². The predicted octanol–water partition coefficient (Wildman–Crippen LogP) is 0.897. The van der Waals surface area contributed by atoms with E-state index >= 15 is 0 Å². The Morgan fingerprint density at radius 3 is 2.53 bits per heavy atom. The lowest BCUT2D eigenvalue weighted by Crippen LogP contribution is -2.50. The molecule has 1 aliphatic heterocycles. The van der Waals surface area contributed by atoms with Gasteiger partial charge in [-0.2, -0.15) is 0 Å². The van der Waals surface area contributed by atoms with Gasteiger partial charge in [0.1, 0.15) is 32.1 Å². The lowest BCUT2D eigenvalue weighted by molar-refractivity contribution is -0.226. The largest absolute Gasteiger partial charge is 0.368 e. The molecule has 0 amide bonds. The average molecular weight is 274 g/mol. The molecule has 1 aliphatic rings. The topological polar surface area (TPSA) is 63.2 Å². The number of rotatable bonds is 9. The summed E-state index contributed by atoms with van der Waals surface area (Å²) in [5.74, 6) is 0. The maximum atomic E-state index is 10.6. The molecule has 19 heavy (non-hydrogen) atoms. The van der Waals surface area contributed by atoms with Crippen LogP contribution in [0.5, 0.6) is 0 Å². The van der Waals surface area contributed by atoms with E-state index in [2.05, 4.69) is 6.58 Å². The average Bonchev–Trinajstić information content (AvgIpc) is 2.43. The standard InChI is InChI=1S/C13H22O6/c1-4-11-13(18-9-16-3)12(17-8-15-2)7-10(19-11)5-6-14/h4,6,10-13H,1,5,7-9H2,2-3H3/t10-,11-,12-,13-/m1/s1. The lowest BCUT2D eigenvalue weighted by Gasteiger charge is -2.39. The summed E-state index contributed by atoms with van der Waals surface area (Å²) in [6.45, 7) is 4.04. The van der Waals surface area contributed by atoms with E-state index in [-0.39, 0.29) is 38.0 Å². The second kappa shape index (κ2) is 9.17. The number of ether oxygens (including phenoxy) is 5. The van der Waals surface area contributed by atoms with Crippen molar-refractivity contribution < 1.29 is 28.5 Å². The van der Waals surface area contributed by atoms with Crippen LogP contribution < -0.4 is 0 Å². The van der Waals surface area contributed by atoms with Crippen molar-refractivity contribution >= 4 is 6.29 Å². The van der Waals surface area contributed by atoms with Gasteiger partial charge in [-0.25, -0.2) is 0 Å². The number of methoxy groups -OCH3 is 2. The van der Waals surface area contributed by atoms with Gasteiger partial charge in [0.25, 0.3) is 0 Å². The van der Waals surface area contributed by atoms with Crippen LogP contribution in [0.25, 0.3) is 0 Å². The third-order valence-electron chi connectivity index (χ3n) is 2.90. The molecule has 0 aromatic carbocycles. The zero-order chi connectivity index (χ0) is 14.1. The van der Waals surface area contributed by atoms with E-state index in [9.17, 15) is 4.79 Å². The fourth-order valence-corrected chi connectivity index (χ4v) is 2.08. The Bertz CT molecular complexity index is 270. The van der Waals surface area contributed by atoms with E-state index in [0.29, 0.717) is 12.8 Å². The third kappa shape index (κ3) is 5.00. The third-order valence-corrected chi connectivity index (χ3v) is 2.90. The predicted molar refractivity (Wildman–Crippen MR) is 67.7 cm³/mol. The van der Waals surface area contributed by atoms with Crippen LogP contribution in [-0.2, 0) is 28.5 Å². The molecule has 6 nitrogen and oxygen atoms in total. The van der Waals surface area contributed by atoms with Crippen molar-refractivity contribution in [1.82, 2.24) is 0 Å². The Balaban J connectivity index is 2.69. The molecule has 1 heterocycles. The van der Waals surface area contributed by atoms with Crippen molar-refractivity contribution in [2.45, 2.75) is 37.3 Å². The van der Waals surface area contributed by atoms with Gasteiger partial charge < -0.3 is 28.5 Å². The normalized spacial score (nSPS) is 31.1. The summed E-state index contributed by atoms with van der Waals surface area (Å²) in [4.78, 5) is 10.6. The molecule has 1 fully saturated rings. The van der Waals surface area contributed by atoms with Crippen LogP contribution in [0.3, 0.4) is 0 Å². The smallest absolute Gasteiger partial charge is 0.146 e. The number of carbonyl (C=O) groups excluding carboxylic acids is 1. The molecule has 110 valence electrons. The van der Waals surface area contributed by atoms with Gasteiger partial charge in [0.2, 0.25) is 0 Å². The fourth-order valence-electron chi connectivity index (χ4n) is 2.08. The zero-order valence-corrected chi connectivity index (χ0v) is 11.4. The molecular weight excluding hydrogens is 252 g/mol. The van der Waals surface area contributed by atoms with Gasteiger partial charge in [-0.15, -0.1) is 6.58 Å². The first-order valence-corrected chi connectivity index (χ1v) is 6.19. The molecule has 0 spiro atoms. The van der Waals surface area contributed by atoms with Crippen LogP contribution in [0.1, 0.15) is 12.8 Å². The quantitative estimate of drug-likeness (QED) is 0.353. The van der Waals surface area contributed by atoms with Gasteiger partial charge in [-0.05, 0) is 0 Å². The molecule has 0 unspecified atom stereocenters. The van der Waals surface area contributed by atoms with Gasteiger partial charge >= 0.3 is 0 Å². The molecule has 0 radical (unpaired) electrons. The summed E-state index contributed by atoms with van der Waals surface area (Å²) in [5.41, 5.74) is 0. The SMILES string of the molecule is C=C[C@H]1O[C@H](CC=O)C[C@@H](OCOC)[C@@H]1OCOC. The van der Waals surface area contributed by atoms with Gasteiger partial charge in [-0.1, -0.05) is 6.08 Å². The number of aldehydes is 1. The summed E-state index contributed by atoms with van der Waals surface area (Å²) >= 11 is 0. The Kier molecular flexibility index (Phi) is 7.85. The van der Waals surface area contributed by atoms with Crippen molar-refractivity contribution in [2.24, 2.45) is 0 Å². The molecule has 0 aromatic rings. The van der Waals surface area contributed by atoms with Crippen molar-refractivity contribution in [2.75, 3.05) is 27.8 Å². The summed E-state index contributed by atoms with van der Waals surface area (Å²) in [7, 11) is 3.10. The summed E-state index contributed by atoms with van der Waals surface area (Å²) in [6.07, 6.45) is 2.32. The second-order valence-electron chi connectivity index (χ2n) is 4.25. The first kappa shape index (κ1) is 16.3. The Morgan fingerprint density at radius 1 is 1.26 bits per heavy atom. The van der Waals surface area contributed by atoms with Gasteiger partial charge in [0.15, 0.2) is 0 Å². The van der Waals surface area contributed by atoms with Gasteiger partial charge in [-0.3, -0.25) is 0 Å². The molecule has 0 bridgehead atoms. The number of hydrogen-bond donors (Lipinski definition) is 0. The van der Waals surface area contributed by atoms with Crippen molar-refractivity contribution in [3.63, 3.8) is 0 Å². The van der Waals surface area contributed by atoms with Crippen molar-refractivity contribution in [3.05, 3.63) is 12.7 Å². The van der Waals surface area contributed by atoms with Crippen molar-refractivity contribution in [3.8, 4) is 0 Å². The van der Waals surface area contributed by atoms with E-state index in [0.717, 1.165) is 6.29 Å². The van der Waals surface area contributed by atoms with Crippen LogP contribution >= 0.6 is 0 Å². The minimum absolute atomic E-state index is 0.142. The number of hydrogen-bond acceptors (Lipinski definition) is 6. The fraction of sp³-hybridized carbons (Fsp3) is 0.769. The molecule has 0 N–H and O–H groups in total. The maximum absolute atomic E-state index is 10.6. The first-order chi connectivity index (χ1) is 9.26. The number of carbonyl (C=O) groups is 1. The van der Waals surface area contributed by atoms with E-state index in [4.69, 9.17) is 23.7 Å². The molecule has 0 saturated carbocycles. The van der Waals surface area contributed by atoms with E-state index in [1.165, 1.54) is 0 Å². The molecule has 6 heteroatoms. The molecule has 4 atom stereocenters. The summed E-state index contributed by atoms with van der Waals surface area (Å²) < 4.78 is 26.8. The van der Waals surface area contributed by atoms with Gasteiger partial charge in [0, 0.05) is 27.1 Å². The van der Waals surface area contributed by atoms with Crippen LogP contribution in [-0.4, -0.2) is 58.5 Å². The molecular formula is C13H22O6. The minimum Gasteiger partial charge on any atom is -0.368 e. The van der Waals surface area contributed by atoms with E-state index in [1.807, 2.05) is 0 Å². The summed E-state index contributed by atoms with van der Waals surface area (Å²) in [6, 6.07) is 0.